The standard InChI is InChI=1S/C17H18BrNO2/c1-12(19(2)3)13-7-6-8-14(11-13)21-17(20)15-9-4-5-10-16(15)18/h4-12H,1-3H3. The molecule has 0 N–H and O–H groups in total. The van der Waals surface area contributed by atoms with E-state index in [4.69, 9.17) is 4.74 Å². The second-order valence-electron chi connectivity index (χ2n) is 5.08. The van der Waals surface area contributed by atoms with Crippen molar-refractivity contribution in [2.75, 3.05) is 14.1 Å². The maximum absolute atomic E-state index is 12.2. The summed E-state index contributed by atoms with van der Waals surface area (Å²) < 4.78 is 6.19. The zero-order chi connectivity index (χ0) is 15.4. The SMILES string of the molecule is CC(c1cccc(OC(=O)c2ccccc2Br)c1)N(C)C. The van der Waals surface area contributed by atoms with Gasteiger partial charge in [0.05, 0.1) is 5.56 Å². The Kier molecular flexibility index (Phi) is 5.15. The van der Waals surface area contributed by atoms with Crippen LogP contribution >= 0.6 is 15.9 Å². The van der Waals surface area contributed by atoms with Crippen LogP contribution in [0.2, 0.25) is 0 Å². The van der Waals surface area contributed by atoms with Crippen molar-refractivity contribution in [1.29, 1.82) is 0 Å². The number of carbonyl (C=O) groups is 1. The highest BCUT2D eigenvalue weighted by Crippen LogP contribution is 2.24. The molecule has 2 aromatic carbocycles. The molecule has 0 heterocycles. The first-order chi connectivity index (χ1) is 9.99. The Balaban J connectivity index is 2.19. The third-order valence-corrected chi connectivity index (χ3v) is 4.11. The molecule has 0 spiro atoms. The Labute approximate surface area is 133 Å². The number of ether oxygens (including phenoxy) is 1. The van der Waals surface area contributed by atoms with Crippen molar-refractivity contribution in [3.8, 4) is 5.75 Å². The Hall–Kier alpha value is -1.65. The maximum atomic E-state index is 12.2. The zero-order valence-electron chi connectivity index (χ0n) is 12.3. The number of halogens is 1. The van der Waals surface area contributed by atoms with E-state index in [9.17, 15) is 4.79 Å². The number of hydrogen-bond donors (Lipinski definition) is 0. The second-order valence-corrected chi connectivity index (χ2v) is 5.94. The fourth-order valence-electron chi connectivity index (χ4n) is 1.92. The fraction of sp³-hybridized carbons (Fsp3) is 0.235. The van der Waals surface area contributed by atoms with E-state index in [1.165, 1.54) is 0 Å². The Morgan fingerprint density at radius 1 is 1.14 bits per heavy atom. The average molecular weight is 348 g/mol. The monoisotopic (exact) mass is 347 g/mol. The van der Waals surface area contributed by atoms with Gasteiger partial charge in [0, 0.05) is 10.5 Å². The van der Waals surface area contributed by atoms with Crippen LogP contribution in [0.4, 0.5) is 0 Å². The van der Waals surface area contributed by atoms with Gasteiger partial charge in [-0.2, -0.15) is 0 Å². The smallest absolute Gasteiger partial charge is 0.344 e. The van der Waals surface area contributed by atoms with Crippen LogP contribution in [-0.4, -0.2) is 25.0 Å². The summed E-state index contributed by atoms with van der Waals surface area (Å²) in [5, 5.41) is 0. The molecule has 0 saturated heterocycles. The number of nitrogens with zero attached hydrogens (tertiary/aromatic N) is 1. The largest absolute Gasteiger partial charge is 0.423 e. The van der Waals surface area contributed by atoms with E-state index in [0.717, 1.165) is 10.0 Å². The molecule has 1 unspecified atom stereocenters. The molecule has 0 radical (unpaired) electrons. The Morgan fingerprint density at radius 3 is 2.52 bits per heavy atom. The average Bonchev–Trinajstić information content (AvgIpc) is 2.47. The van der Waals surface area contributed by atoms with Crippen LogP contribution in [0.25, 0.3) is 0 Å². The van der Waals surface area contributed by atoms with Crippen LogP contribution in [0.15, 0.2) is 53.0 Å². The third kappa shape index (κ3) is 3.93. The first-order valence-electron chi connectivity index (χ1n) is 6.72. The predicted octanol–water partition coefficient (Wildman–Crippen LogP) is 4.29. The minimum Gasteiger partial charge on any atom is -0.423 e. The molecule has 0 aliphatic carbocycles. The van der Waals surface area contributed by atoms with Gasteiger partial charge in [0.15, 0.2) is 0 Å². The minimum atomic E-state index is -0.364. The lowest BCUT2D eigenvalue weighted by Crippen LogP contribution is -2.17. The highest BCUT2D eigenvalue weighted by molar-refractivity contribution is 9.10. The van der Waals surface area contributed by atoms with Crippen molar-refractivity contribution < 1.29 is 9.53 Å². The van der Waals surface area contributed by atoms with E-state index in [0.29, 0.717) is 11.3 Å². The van der Waals surface area contributed by atoms with E-state index in [1.807, 2.05) is 50.5 Å². The van der Waals surface area contributed by atoms with Crippen molar-refractivity contribution >= 4 is 21.9 Å². The summed E-state index contributed by atoms with van der Waals surface area (Å²) in [5.74, 6) is 0.194. The summed E-state index contributed by atoms with van der Waals surface area (Å²) in [5.41, 5.74) is 1.63. The molecule has 0 aliphatic rings. The fourth-order valence-corrected chi connectivity index (χ4v) is 2.37. The molecular weight excluding hydrogens is 330 g/mol. The van der Waals surface area contributed by atoms with E-state index in [-0.39, 0.29) is 12.0 Å². The summed E-state index contributed by atoms with van der Waals surface area (Å²) in [6, 6.07) is 15.1. The van der Waals surface area contributed by atoms with Gasteiger partial charge in [0.2, 0.25) is 0 Å². The van der Waals surface area contributed by atoms with Crippen LogP contribution in [-0.2, 0) is 0 Å². The van der Waals surface area contributed by atoms with E-state index in [2.05, 4.69) is 27.8 Å². The predicted molar refractivity (Wildman–Crippen MR) is 87.6 cm³/mol. The number of carbonyl (C=O) groups excluding carboxylic acids is 1. The van der Waals surface area contributed by atoms with Gasteiger partial charge < -0.3 is 9.64 Å². The second kappa shape index (κ2) is 6.87. The summed E-state index contributed by atoms with van der Waals surface area (Å²) in [7, 11) is 4.04. The van der Waals surface area contributed by atoms with Crippen molar-refractivity contribution in [3.05, 3.63) is 64.1 Å². The van der Waals surface area contributed by atoms with Gasteiger partial charge in [-0.05, 0) is 66.8 Å². The lowest BCUT2D eigenvalue weighted by Gasteiger charge is -2.20. The van der Waals surface area contributed by atoms with Gasteiger partial charge in [0.25, 0.3) is 0 Å². The van der Waals surface area contributed by atoms with E-state index < -0.39 is 0 Å². The highest BCUT2D eigenvalue weighted by atomic mass is 79.9. The number of benzene rings is 2. The van der Waals surface area contributed by atoms with Crippen LogP contribution in [0.1, 0.15) is 28.9 Å². The summed E-state index contributed by atoms with van der Waals surface area (Å²) in [6.07, 6.45) is 0. The van der Waals surface area contributed by atoms with Crippen LogP contribution in [0, 0.1) is 0 Å². The molecule has 0 saturated carbocycles. The van der Waals surface area contributed by atoms with Gasteiger partial charge in [-0.3, -0.25) is 0 Å². The first kappa shape index (κ1) is 15.7. The summed E-state index contributed by atoms with van der Waals surface area (Å²) >= 11 is 3.36. The molecule has 0 bridgehead atoms. The van der Waals surface area contributed by atoms with Crippen LogP contribution < -0.4 is 4.74 Å². The van der Waals surface area contributed by atoms with Gasteiger partial charge in [-0.1, -0.05) is 24.3 Å². The third-order valence-electron chi connectivity index (χ3n) is 3.42. The minimum absolute atomic E-state index is 0.257. The van der Waals surface area contributed by atoms with Crippen molar-refractivity contribution in [1.82, 2.24) is 4.90 Å². The molecule has 3 nitrogen and oxygen atoms in total. The molecule has 0 fully saturated rings. The van der Waals surface area contributed by atoms with Crippen LogP contribution in [0.3, 0.4) is 0 Å². The molecular formula is C17H18BrNO2. The summed E-state index contributed by atoms with van der Waals surface area (Å²) in [6.45, 7) is 2.11. The highest BCUT2D eigenvalue weighted by Gasteiger charge is 2.13. The van der Waals surface area contributed by atoms with Gasteiger partial charge in [0.1, 0.15) is 5.75 Å². The first-order valence-corrected chi connectivity index (χ1v) is 7.51. The topological polar surface area (TPSA) is 29.5 Å². The van der Waals surface area contributed by atoms with Crippen LogP contribution in [0.5, 0.6) is 5.75 Å². The van der Waals surface area contributed by atoms with Crippen molar-refractivity contribution in [3.63, 3.8) is 0 Å². The molecule has 2 rings (SSSR count). The Bertz CT molecular complexity index is 640. The Morgan fingerprint density at radius 2 is 1.86 bits per heavy atom. The molecule has 21 heavy (non-hydrogen) atoms. The normalized spacial score (nSPS) is 12.2. The zero-order valence-corrected chi connectivity index (χ0v) is 13.9. The molecule has 0 amide bonds. The van der Waals surface area contributed by atoms with Crippen molar-refractivity contribution in [2.24, 2.45) is 0 Å². The quantitative estimate of drug-likeness (QED) is 0.610. The van der Waals surface area contributed by atoms with Gasteiger partial charge in [-0.25, -0.2) is 4.79 Å². The number of esters is 1. The molecule has 0 aliphatic heterocycles. The lowest BCUT2D eigenvalue weighted by molar-refractivity contribution is 0.0733. The van der Waals surface area contributed by atoms with Crippen molar-refractivity contribution in [2.45, 2.75) is 13.0 Å². The van der Waals surface area contributed by atoms with E-state index >= 15 is 0 Å². The molecule has 2 aromatic rings. The summed E-state index contributed by atoms with van der Waals surface area (Å²) in [4.78, 5) is 14.3. The lowest BCUT2D eigenvalue weighted by atomic mass is 10.1. The van der Waals surface area contributed by atoms with Gasteiger partial charge in [-0.15, -0.1) is 0 Å². The maximum Gasteiger partial charge on any atom is 0.344 e. The molecule has 4 heteroatoms. The van der Waals surface area contributed by atoms with Gasteiger partial charge >= 0.3 is 5.97 Å². The number of rotatable bonds is 4. The number of hydrogen-bond acceptors (Lipinski definition) is 3. The molecule has 1 atom stereocenters. The van der Waals surface area contributed by atoms with E-state index in [1.54, 1.807) is 12.1 Å². The molecule has 0 aromatic heterocycles. The molecule has 110 valence electrons.